The Labute approximate surface area is 183 Å². The van der Waals surface area contributed by atoms with Crippen LogP contribution in [0.15, 0.2) is 47.6 Å². The summed E-state index contributed by atoms with van der Waals surface area (Å²) in [7, 11) is 5.28. The standard InChI is InChI=1S/C24H29N3O4/c1-16-13-24(2,3)27(4)21-12-22(30-6)17(11-20(16)21)14-25-26-23(28)15-31-19-9-7-18(29-5)8-10-19/h7-14H,15H2,1-6H3,(H,26,28)/b25-14+. The lowest BCUT2D eigenvalue weighted by Crippen LogP contribution is -2.42. The Balaban J connectivity index is 1.67. The normalized spacial score (nSPS) is 14.6. The molecule has 1 heterocycles. The van der Waals surface area contributed by atoms with Gasteiger partial charge in [0.25, 0.3) is 5.91 Å². The minimum Gasteiger partial charge on any atom is -0.497 e. The third-order valence-corrected chi connectivity index (χ3v) is 5.39. The number of benzene rings is 2. The molecular weight excluding hydrogens is 394 g/mol. The summed E-state index contributed by atoms with van der Waals surface area (Å²) in [5.41, 5.74) is 6.57. The molecule has 2 aromatic carbocycles. The molecule has 1 amide bonds. The molecule has 3 rings (SSSR count). The van der Waals surface area contributed by atoms with Crippen molar-refractivity contribution in [3.63, 3.8) is 0 Å². The van der Waals surface area contributed by atoms with E-state index in [9.17, 15) is 4.79 Å². The fourth-order valence-electron chi connectivity index (χ4n) is 3.50. The Morgan fingerprint density at radius 2 is 1.81 bits per heavy atom. The van der Waals surface area contributed by atoms with Gasteiger partial charge in [-0.15, -0.1) is 0 Å². The van der Waals surface area contributed by atoms with Crippen LogP contribution in [0.5, 0.6) is 17.2 Å². The third-order valence-electron chi connectivity index (χ3n) is 5.39. The minimum atomic E-state index is -0.360. The van der Waals surface area contributed by atoms with E-state index in [-0.39, 0.29) is 18.1 Å². The number of ether oxygens (including phenoxy) is 3. The average Bonchev–Trinajstić information content (AvgIpc) is 2.76. The molecule has 1 N–H and O–H groups in total. The molecule has 164 valence electrons. The Morgan fingerprint density at radius 1 is 1.13 bits per heavy atom. The van der Waals surface area contributed by atoms with E-state index in [2.05, 4.69) is 49.3 Å². The van der Waals surface area contributed by atoms with Gasteiger partial charge in [0.05, 0.1) is 26.0 Å². The quantitative estimate of drug-likeness (QED) is 0.541. The smallest absolute Gasteiger partial charge is 0.277 e. The molecule has 7 nitrogen and oxygen atoms in total. The molecule has 0 bridgehead atoms. The number of methoxy groups -OCH3 is 2. The van der Waals surface area contributed by atoms with Gasteiger partial charge < -0.3 is 19.1 Å². The summed E-state index contributed by atoms with van der Waals surface area (Å²) in [5, 5.41) is 4.07. The molecule has 0 aliphatic carbocycles. The first-order valence-electron chi connectivity index (χ1n) is 9.99. The van der Waals surface area contributed by atoms with Crippen molar-refractivity contribution in [1.29, 1.82) is 0 Å². The lowest BCUT2D eigenvalue weighted by atomic mass is 9.88. The number of carbonyl (C=O) groups excluding carboxylic acids is 1. The van der Waals surface area contributed by atoms with Gasteiger partial charge in [-0.1, -0.05) is 6.08 Å². The second kappa shape index (κ2) is 9.12. The van der Waals surface area contributed by atoms with E-state index in [1.807, 2.05) is 12.1 Å². The Bertz CT molecular complexity index is 1010. The van der Waals surface area contributed by atoms with Gasteiger partial charge in [0.2, 0.25) is 0 Å². The first-order valence-corrected chi connectivity index (χ1v) is 9.99. The van der Waals surface area contributed by atoms with Crippen molar-refractivity contribution < 1.29 is 19.0 Å². The molecule has 0 radical (unpaired) electrons. The van der Waals surface area contributed by atoms with Crippen LogP contribution in [0.2, 0.25) is 0 Å². The number of likely N-dealkylation sites (N-methyl/N-ethyl adjacent to an activating group) is 1. The Hall–Kier alpha value is -3.48. The molecule has 31 heavy (non-hydrogen) atoms. The predicted molar refractivity (Wildman–Crippen MR) is 123 cm³/mol. The number of allylic oxidation sites excluding steroid dienone is 1. The highest BCUT2D eigenvalue weighted by Crippen LogP contribution is 2.40. The number of fused-ring (bicyclic) bond motifs is 1. The van der Waals surface area contributed by atoms with E-state index < -0.39 is 0 Å². The van der Waals surface area contributed by atoms with E-state index in [4.69, 9.17) is 14.2 Å². The summed E-state index contributed by atoms with van der Waals surface area (Å²) in [5.74, 6) is 1.62. The van der Waals surface area contributed by atoms with Gasteiger partial charge in [-0.05, 0) is 56.7 Å². The highest BCUT2D eigenvalue weighted by Gasteiger charge is 2.29. The average molecular weight is 424 g/mol. The number of nitrogens with one attached hydrogen (secondary N) is 1. The van der Waals surface area contributed by atoms with E-state index in [0.29, 0.717) is 11.5 Å². The minimum absolute atomic E-state index is 0.0877. The van der Waals surface area contributed by atoms with Crippen LogP contribution in [-0.4, -0.2) is 45.5 Å². The van der Waals surface area contributed by atoms with Crippen molar-refractivity contribution in [2.45, 2.75) is 26.3 Å². The largest absolute Gasteiger partial charge is 0.497 e. The maximum Gasteiger partial charge on any atom is 0.277 e. The molecule has 0 atom stereocenters. The molecule has 1 aliphatic heterocycles. The molecule has 1 aliphatic rings. The van der Waals surface area contributed by atoms with Crippen molar-refractivity contribution in [2.24, 2.45) is 5.10 Å². The van der Waals surface area contributed by atoms with Crippen molar-refractivity contribution in [1.82, 2.24) is 5.43 Å². The molecular formula is C24H29N3O4. The highest BCUT2D eigenvalue weighted by molar-refractivity contribution is 5.91. The second-order valence-electron chi connectivity index (χ2n) is 7.91. The topological polar surface area (TPSA) is 72.4 Å². The molecule has 0 fully saturated rings. The number of hydrogen-bond acceptors (Lipinski definition) is 6. The molecule has 0 spiro atoms. The second-order valence-corrected chi connectivity index (χ2v) is 7.91. The summed E-state index contributed by atoms with van der Waals surface area (Å²) in [4.78, 5) is 14.3. The summed E-state index contributed by atoms with van der Waals surface area (Å²) in [6, 6.07) is 11.0. The lowest BCUT2D eigenvalue weighted by molar-refractivity contribution is -0.123. The van der Waals surface area contributed by atoms with Crippen LogP contribution < -0.4 is 24.5 Å². The zero-order valence-electron chi connectivity index (χ0n) is 18.9. The summed E-state index contributed by atoms with van der Waals surface area (Å²) in [6.07, 6.45) is 3.82. The van der Waals surface area contributed by atoms with Crippen LogP contribution >= 0.6 is 0 Å². The van der Waals surface area contributed by atoms with Gasteiger partial charge in [-0.2, -0.15) is 5.10 Å². The molecule has 0 aromatic heterocycles. The maximum absolute atomic E-state index is 12.1. The Morgan fingerprint density at radius 3 is 2.45 bits per heavy atom. The number of carbonyl (C=O) groups is 1. The zero-order chi connectivity index (χ0) is 22.6. The van der Waals surface area contributed by atoms with E-state index >= 15 is 0 Å². The van der Waals surface area contributed by atoms with E-state index in [1.165, 1.54) is 5.57 Å². The molecule has 0 saturated heterocycles. The van der Waals surface area contributed by atoms with Gasteiger partial charge in [-0.25, -0.2) is 5.43 Å². The molecule has 0 saturated carbocycles. The fourth-order valence-corrected chi connectivity index (χ4v) is 3.50. The first kappa shape index (κ1) is 22.2. The van der Waals surface area contributed by atoms with E-state index in [1.54, 1.807) is 44.7 Å². The van der Waals surface area contributed by atoms with Gasteiger partial charge in [0.15, 0.2) is 6.61 Å². The van der Waals surface area contributed by atoms with Crippen LogP contribution in [0.1, 0.15) is 31.9 Å². The number of nitrogens with zero attached hydrogens (tertiary/aromatic N) is 2. The predicted octanol–water partition coefficient (Wildman–Crippen LogP) is 3.86. The number of anilines is 1. The van der Waals surface area contributed by atoms with Crippen LogP contribution in [0.3, 0.4) is 0 Å². The number of hydrogen-bond donors (Lipinski definition) is 1. The van der Waals surface area contributed by atoms with Crippen LogP contribution in [0.4, 0.5) is 5.69 Å². The van der Waals surface area contributed by atoms with Crippen LogP contribution in [-0.2, 0) is 4.79 Å². The summed E-state index contributed by atoms with van der Waals surface area (Å²) < 4.78 is 16.1. The summed E-state index contributed by atoms with van der Waals surface area (Å²) in [6.45, 7) is 6.29. The van der Waals surface area contributed by atoms with E-state index in [0.717, 1.165) is 22.6 Å². The summed E-state index contributed by atoms with van der Waals surface area (Å²) >= 11 is 0. The maximum atomic E-state index is 12.1. The fraction of sp³-hybridized carbons (Fsp3) is 0.333. The first-order chi connectivity index (χ1) is 14.7. The van der Waals surface area contributed by atoms with Crippen LogP contribution in [0.25, 0.3) is 5.57 Å². The number of hydrazone groups is 1. The van der Waals surface area contributed by atoms with Gasteiger partial charge >= 0.3 is 0 Å². The zero-order valence-corrected chi connectivity index (χ0v) is 18.9. The Kier molecular flexibility index (Phi) is 6.53. The van der Waals surface area contributed by atoms with Crippen molar-refractivity contribution >= 4 is 23.4 Å². The van der Waals surface area contributed by atoms with Crippen molar-refractivity contribution in [3.8, 4) is 17.2 Å². The van der Waals surface area contributed by atoms with Crippen molar-refractivity contribution in [2.75, 3.05) is 32.8 Å². The molecule has 7 heteroatoms. The number of rotatable bonds is 7. The number of amides is 1. The lowest BCUT2D eigenvalue weighted by Gasteiger charge is -2.40. The highest BCUT2D eigenvalue weighted by atomic mass is 16.5. The molecule has 0 unspecified atom stereocenters. The van der Waals surface area contributed by atoms with Crippen molar-refractivity contribution in [3.05, 3.63) is 53.6 Å². The SMILES string of the molecule is COc1ccc(OCC(=O)N/N=C/c2cc3c(cc2OC)N(C)C(C)(C)C=C3C)cc1. The molecule has 2 aromatic rings. The monoisotopic (exact) mass is 423 g/mol. The third kappa shape index (κ3) is 4.99. The van der Waals surface area contributed by atoms with Gasteiger partial charge in [0, 0.05) is 29.9 Å². The van der Waals surface area contributed by atoms with Gasteiger partial charge in [-0.3, -0.25) is 4.79 Å². The van der Waals surface area contributed by atoms with Gasteiger partial charge in [0.1, 0.15) is 17.2 Å². The van der Waals surface area contributed by atoms with Crippen LogP contribution in [0, 0.1) is 0 Å².